The fourth-order valence-corrected chi connectivity index (χ4v) is 1.13. The molecule has 2 heteroatoms. The van der Waals surface area contributed by atoms with Crippen molar-refractivity contribution >= 4 is 5.97 Å². The third-order valence-corrected chi connectivity index (χ3v) is 1.74. The summed E-state index contributed by atoms with van der Waals surface area (Å²) in [4.78, 5) is 10.8. The van der Waals surface area contributed by atoms with Gasteiger partial charge in [0.2, 0.25) is 0 Å². The molecule has 0 bridgehead atoms. The highest BCUT2D eigenvalue weighted by Gasteiger charge is 2.18. The zero-order valence-electron chi connectivity index (χ0n) is 5.88. The molecule has 0 aromatic rings. The first-order valence-electron chi connectivity index (χ1n) is 3.45. The van der Waals surface area contributed by atoms with Gasteiger partial charge >= 0.3 is 5.97 Å². The van der Waals surface area contributed by atoms with Crippen LogP contribution in [0.2, 0.25) is 0 Å². The molecule has 1 unspecified atom stereocenters. The fraction of sp³-hybridized carbons (Fsp3) is 0.500. The van der Waals surface area contributed by atoms with Crippen molar-refractivity contribution in [3.8, 4) is 0 Å². The number of hydrogen-bond donors (Lipinski definition) is 0. The summed E-state index contributed by atoms with van der Waals surface area (Å²) in [7, 11) is 3.09. The first kappa shape index (κ1) is 7.32. The van der Waals surface area contributed by atoms with E-state index in [9.17, 15) is 4.79 Å². The summed E-state index contributed by atoms with van der Waals surface area (Å²) in [6.45, 7) is 0. The molecule has 0 fully saturated rings. The summed E-state index contributed by atoms with van der Waals surface area (Å²) in [5.41, 5.74) is 0. The summed E-state index contributed by atoms with van der Waals surface area (Å²) >= 11 is 0. The van der Waals surface area contributed by atoms with E-state index < -0.39 is 0 Å². The van der Waals surface area contributed by atoms with Gasteiger partial charge < -0.3 is 4.74 Å². The number of allylic oxidation sites excluding steroid dienone is 2. The molecule has 0 heterocycles. The van der Waals surface area contributed by atoms with Crippen LogP contribution in [0.1, 0.15) is 19.3 Å². The predicted molar refractivity (Wildman–Crippen MR) is 37.9 cm³/mol. The van der Waals surface area contributed by atoms with Gasteiger partial charge in [-0.2, -0.15) is 0 Å². The molecule has 0 N–H and O–H groups in total. The Morgan fingerprint density at radius 2 is 2.40 bits per heavy atom. The van der Waals surface area contributed by atoms with E-state index in [4.69, 9.17) is 0 Å². The molecule has 0 amide bonds. The van der Waals surface area contributed by atoms with Gasteiger partial charge in [-0.25, -0.2) is 0 Å². The standard InChI is InChI=1S/C8H11O2/c1-10-8(9)7-5-3-2-4-6-7/h2-3,7H,1,4-6H2. The Morgan fingerprint density at radius 1 is 1.60 bits per heavy atom. The van der Waals surface area contributed by atoms with Crippen LogP contribution in [0.3, 0.4) is 0 Å². The van der Waals surface area contributed by atoms with Crippen molar-refractivity contribution in [2.24, 2.45) is 5.92 Å². The predicted octanol–water partition coefficient (Wildman–Crippen LogP) is 1.68. The first-order chi connectivity index (χ1) is 4.84. The highest BCUT2D eigenvalue weighted by Crippen LogP contribution is 2.18. The lowest BCUT2D eigenvalue weighted by Crippen LogP contribution is -2.16. The zero-order chi connectivity index (χ0) is 7.40. The van der Waals surface area contributed by atoms with E-state index in [0.717, 1.165) is 19.3 Å². The summed E-state index contributed by atoms with van der Waals surface area (Å²) < 4.78 is 4.37. The monoisotopic (exact) mass is 139 g/mol. The second-order valence-corrected chi connectivity index (χ2v) is 2.44. The molecule has 55 valence electrons. The highest BCUT2D eigenvalue weighted by atomic mass is 16.5. The average Bonchev–Trinajstić information content (AvgIpc) is 2.05. The Balaban J connectivity index is 2.41. The van der Waals surface area contributed by atoms with Crippen molar-refractivity contribution in [2.45, 2.75) is 19.3 Å². The molecule has 0 saturated carbocycles. The van der Waals surface area contributed by atoms with Crippen LogP contribution in [0.25, 0.3) is 0 Å². The number of carbonyl (C=O) groups is 1. The van der Waals surface area contributed by atoms with Gasteiger partial charge in [-0.1, -0.05) is 12.2 Å². The molecular formula is C8H11O2. The maximum absolute atomic E-state index is 10.8. The van der Waals surface area contributed by atoms with Crippen LogP contribution >= 0.6 is 0 Å². The summed E-state index contributed by atoms with van der Waals surface area (Å²) in [6, 6.07) is 0. The number of ether oxygens (including phenoxy) is 1. The molecule has 1 rings (SSSR count). The van der Waals surface area contributed by atoms with E-state index in [1.807, 2.05) is 6.08 Å². The Kier molecular flexibility index (Phi) is 2.49. The van der Waals surface area contributed by atoms with Crippen LogP contribution < -0.4 is 0 Å². The highest BCUT2D eigenvalue weighted by molar-refractivity contribution is 5.72. The van der Waals surface area contributed by atoms with E-state index in [1.165, 1.54) is 0 Å². The van der Waals surface area contributed by atoms with Crippen LogP contribution in [-0.2, 0) is 9.53 Å². The van der Waals surface area contributed by atoms with Gasteiger partial charge in [0.1, 0.15) is 7.11 Å². The lowest BCUT2D eigenvalue weighted by atomic mass is 9.95. The zero-order valence-corrected chi connectivity index (χ0v) is 5.88. The number of hydrogen-bond acceptors (Lipinski definition) is 2. The van der Waals surface area contributed by atoms with Crippen molar-refractivity contribution in [2.75, 3.05) is 0 Å². The molecule has 10 heavy (non-hydrogen) atoms. The molecule has 0 aliphatic heterocycles. The summed E-state index contributed by atoms with van der Waals surface area (Å²) in [5.74, 6) is -0.119. The Hall–Kier alpha value is -0.790. The molecule has 0 aromatic heterocycles. The maximum atomic E-state index is 10.8. The lowest BCUT2D eigenvalue weighted by molar-refractivity contribution is -0.143. The van der Waals surface area contributed by atoms with Crippen molar-refractivity contribution < 1.29 is 9.53 Å². The van der Waals surface area contributed by atoms with E-state index in [2.05, 4.69) is 17.9 Å². The van der Waals surface area contributed by atoms with Crippen LogP contribution in [0.4, 0.5) is 0 Å². The van der Waals surface area contributed by atoms with Crippen molar-refractivity contribution in [1.29, 1.82) is 0 Å². The number of rotatable bonds is 1. The van der Waals surface area contributed by atoms with Gasteiger partial charge in [-0.3, -0.25) is 4.79 Å². The van der Waals surface area contributed by atoms with E-state index in [-0.39, 0.29) is 11.9 Å². The molecule has 1 radical (unpaired) electrons. The average molecular weight is 139 g/mol. The molecule has 2 nitrogen and oxygen atoms in total. The van der Waals surface area contributed by atoms with Gasteiger partial charge in [-0.05, 0) is 19.3 Å². The van der Waals surface area contributed by atoms with Crippen LogP contribution in [0.5, 0.6) is 0 Å². The van der Waals surface area contributed by atoms with Crippen LogP contribution in [0, 0.1) is 13.0 Å². The number of esters is 1. The minimum atomic E-state index is -0.177. The third kappa shape index (κ3) is 1.59. The van der Waals surface area contributed by atoms with Gasteiger partial charge in [0.15, 0.2) is 0 Å². The Morgan fingerprint density at radius 3 is 2.90 bits per heavy atom. The lowest BCUT2D eigenvalue weighted by Gasteiger charge is -2.13. The molecular weight excluding hydrogens is 128 g/mol. The first-order valence-corrected chi connectivity index (χ1v) is 3.45. The second kappa shape index (κ2) is 3.40. The minimum Gasteiger partial charge on any atom is -0.462 e. The minimum absolute atomic E-state index is 0.0579. The Bertz CT molecular complexity index is 149. The topological polar surface area (TPSA) is 26.3 Å². The SMILES string of the molecule is [CH2]OC(=O)C1CC=CCC1. The van der Waals surface area contributed by atoms with Crippen LogP contribution in [0.15, 0.2) is 12.2 Å². The molecule has 1 aliphatic rings. The van der Waals surface area contributed by atoms with Crippen LogP contribution in [-0.4, -0.2) is 5.97 Å². The second-order valence-electron chi connectivity index (χ2n) is 2.44. The van der Waals surface area contributed by atoms with Crippen molar-refractivity contribution in [3.05, 3.63) is 19.3 Å². The molecule has 0 aromatic carbocycles. The largest absolute Gasteiger partial charge is 0.462 e. The van der Waals surface area contributed by atoms with Gasteiger partial charge in [0.25, 0.3) is 0 Å². The van der Waals surface area contributed by atoms with Crippen molar-refractivity contribution in [3.63, 3.8) is 0 Å². The third-order valence-electron chi connectivity index (χ3n) is 1.74. The number of carbonyl (C=O) groups excluding carboxylic acids is 1. The summed E-state index contributed by atoms with van der Waals surface area (Å²) in [5, 5.41) is 0. The molecule has 1 aliphatic carbocycles. The van der Waals surface area contributed by atoms with Gasteiger partial charge in [0, 0.05) is 0 Å². The van der Waals surface area contributed by atoms with E-state index >= 15 is 0 Å². The maximum Gasteiger partial charge on any atom is 0.309 e. The van der Waals surface area contributed by atoms with E-state index in [0.29, 0.717) is 0 Å². The Labute approximate surface area is 60.9 Å². The van der Waals surface area contributed by atoms with E-state index in [1.54, 1.807) is 0 Å². The normalized spacial score (nSPS) is 24.3. The van der Waals surface area contributed by atoms with Gasteiger partial charge in [0.05, 0.1) is 5.92 Å². The molecule has 1 atom stereocenters. The van der Waals surface area contributed by atoms with Crippen molar-refractivity contribution in [1.82, 2.24) is 0 Å². The fourth-order valence-electron chi connectivity index (χ4n) is 1.13. The molecule has 0 spiro atoms. The van der Waals surface area contributed by atoms with Gasteiger partial charge in [-0.15, -0.1) is 0 Å². The smallest absolute Gasteiger partial charge is 0.309 e. The molecule has 0 saturated heterocycles. The quantitative estimate of drug-likeness (QED) is 0.408. The summed E-state index contributed by atoms with van der Waals surface area (Å²) in [6.07, 6.45) is 6.82.